The fourth-order valence-corrected chi connectivity index (χ4v) is 2.35. The molecule has 1 aromatic rings. The van der Waals surface area contributed by atoms with Crippen molar-refractivity contribution in [2.75, 3.05) is 32.5 Å². The first-order valence-electron chi connectivity index (χ1n) is 6.25. The molecule has 0 spiro atoms. The molecule has 0 bridgehead atoms. The number of carbonyl (C=O) groups is 1. The number of benzene rings is 1. The molecule has 0 aliphatic carbocycles. The number of likely N-dealkylation sites (tertiary alicyclic amines) is 1. The van der Waals surface area contributed by atoms with Crippen LogP contribution < -0.4 is 5.32 Å². The number of halogens is 3. The molecule has 1 heterocycles. The van der Waals surface area contributed by atoms with Gasteiger partial charge < -0.3 is 15.1 Å². The maximum atomic E-state index is 13.3. The van der Waals surface area contributed by atoms with Crippen LogP contribution in [0.3, 0.4) is 0 Å². The molecule has 1 atom stereocenters. The molecule has 1 aliphatic heterocycles. The molecule has 0 aromatic heterocycles. The van der Waals surface area contributed by atoms with Crippen LogP contribution in [0.1, 0.15) is 6.42 Å². The fourth-order valence-electron chi connectivity index (χ4n) is 2.19. The average Bonchev–Trinajstić information content (AvgIpc) is 2.85. The second-order valence-corrected chi connectivity index (χ2v) is 5.41. The number of urea groups is 1. The molecule has 1 saturated heterocycles. The number of rotatable bonds is 2. The largest absolute Gasteiger partial charge is 0.323 e. The zero-order valence-corrected chi connectivity index (χ0v) is 12.0. The molecule has 1 fully saturated rings. The number of anilines is 1. The van der Waals surface area contributed by atoms with Crippen molar-refractivity contribution in [3.63, 3.8) is 0 Å². The zero-order valence-electron chi connectivity index (χ0n) is 11.3. The molecule has 7 heteroatoms. The summed E-state index contributed by atoms with van der Waals surface area (Å²) in [7, 11) is 3.90. The Morgan fingerprint density at radius 3 is 2.75 bits per heavy atom. The summed E-state index contributed by atoms with van der Waals surface area (Å²) in [5.41, 5.74) is -0.0533. The van der Waals surface area contributed by atoms with E-state index in [1.54, 1.807) is 4.90 Å². The Balaban J connectivity index is 2.06. The molecule has 1 aliphatic rings. The number of hydrogen-bond acceptors (Lipinski definition) is 2. The second kappa shape index (κ2) is 5.93. The van der Waals surface area contributed by atoms with E-state index in [0.717, 1.165) is 12.5 Å². The highest BCUT2D eigenvalue weighted by atomic mass is 35.5. The number of likely N-dealkylation sites (N-methyl/N-ethyl adjacent to an activating group) is 1. The van der Waals surface area contributed by atoms with Gasteiger partial charge in [0, 0.05) is 25.2 Å². The van der Waals surface area contributed by atoms with Crippen molar-refractivity contribution in [3.8, 4) is 0 Å². The third-order valence-corrected chi connectivity index (χ3v) is 3.80. The lowest BCUT2D eigenvalue weighted by Gasteiger charge is -2.21. The van der Waals surface area contributed by atoms with Crippen LogP contribution in [0.5, 0.6) is 0 Å². The molecular formula is C13H16ClF2N3O. The summed E-state index contributed by atoms with van der Waals surface area (Å²) in [5.74, 6) is -1.68. The van der Waals surface area contributed by atoms with E-state index in [1.165, 1.54) is 0 Å². The van der Waals surface area contributed by atoms with E-state index >= 15 is 0 Å². The fraction of sp³-hybridized carbons (Fsp3) is 0.462. The molecule has 1 aromatic carbocycles. The van der Waals surface area contributed by atoms with Crippen molar-refractivity contribution in [1.29, 1.82) is 0 Å². The Morgan fingerprint density at radius 1 is 1.45 bits per heavy atom. The van der Waals surface area contributed by atoms with E-state index < -0.39 is 17.7 Å². The summed E-state index contributed by atoms with van der Waals surface area (Å²) < 4.78 is 26.4. The SMILES string of the molecule is CN(C)[C@@H]1CCN(C(=O)Nc2cc(F)cc(F)c2Cl)C1. The molecule has 2 amide bonds. The van der Waals surface area contributed by atoms with Crippen molar-refractivity contribution in [2.45, 2.75) is 12.5 Å². The standard InChI is InChI=1S/C13H16ClF2N3O/c1-18(2)9-3-4-19(7-9)13(20)17-11-6-8(15)5-10(16)12(11)14/h5-6,9H,3-4,7H2,1-2H3,(H,17,20)/t9-/m1/s1. The van der Waals surface area contributed by atoms with E-state index in [0.29, 0.717) is 25.2 Å². The number of hydrogen-bond donors (Lipinski definition) is 1. The minimum atomic E-state index is -0.894. The Hall–Kier alpha value is -1.40. The van der Waals surface area contributed by atoms with E-state index in [-0.39, 0.29) is 10.7 Å². The van der Waals surface area contributed by atoms with Crippen molar-refractivity contribution in [3.05, 3.63) is 28.8 Å². The van der Waals surface area contributed by atoms with Crippen LogP contribution in [0.25, 0.3) is 0 Å². The number of nitrogens with one attached hydrogen (secondary N) is 1. The number of amides is 2. The van der Waals surface area contributed by atoms with E-state index in [4.69, 9.17) is 11.6 Å². The topological polar surface area (TPSA) is 35.6 Å². The Morgan fingerprint density at radius 2 is 2.15 bits per heavy atom. The first kappa shape index (κ1) is 15.0. The van der Waals surface area contributed by atoms with Gasteiger partial charge in [0.1, 0.15) is 16.7 Å². The monoisotopic (exact) mass is 303 g/mol. The molecule has 0 saturated carbocycles. The predicted octanol–water partition coefficient (Wildman–Crippen LogP) is 2.79. The summed E-state index contributed by atoms with van der Waals surface area (Å²) >= 11 is 5.71. The van der Waals surface area contributed by atoms with Crippen LogP contribution in [-0.2, 0) is 0 Å². The molecule has 20 heavy (non-hydrogen) atoms. The molecule has 4 nitrogen and oxygen atoms in total. The van der Waals surface area contributed by atoms with Crippen LogP contribution in [0, 0.1) is 11.6 Å². The van der Waals surface area contributed by atoms with Gasteiger partial charge in [0.05, 0.1) is 5.69 Å². The molecule has 110 valence electrons. The van der Waals surface area contributed by atoms with Crippen molar-refractivity contribution in [2.24, 2.45) is 0 Å². The van der Waals surface area contributed by atoms with Gasteiger partial charge in [-0.2, -0.15) is 0 Å². The first-order valence-corrected chi connectivity index (χ1v) is 6.63. The lowest BCUT2D eigenvalue weighted by atomic mass is 10.2. The molecule has 0 unspecified atom stereocenters. The number of carbonyl (C=O) groups excluding carboxylic acids is 1. The maximum Gasteiger partial charge on any atom is 0.321 e. The van der Waals surface area contributed by atoms with Gasteiger partial charge in [0.2, 0.25) is 0 Å². The third kappa shape index (κ3) is 3.19. The van der Waals surface area contributed by atoms with Crippen molar-refractivity contribution < 1.29 is 13.6 Å². The van der Waals surface area contributed by atoms with Gasteiger partial charge in [0.25, 0.3) is 0 Å². The van der Waals surface area contributed by atoms with Gasteiger partial charge in [-0.15, -0.1) is 0 Å². The summed E-state index contributed by atoms with van der Waals surface area (Å²) in [6, 6.07) is 1.57. The highest BCUT2D eigenvalue weighted by Crippen LogP contribution is 2.27. The zero-order chi connectivity index (χ0) is 14.9. The van der Waals surface area contributed by atoms with Gasteiger partial charge in [0.15, 0.2) is 0 Å². The third-order valence-electron chi connectivity index (χ3n) is 3.42. The number of nitrogens with zero attached hydrogens (tertiary/aromatic N) is 2. The van der Waals surface area contributed by atoms with Gasteiger partial charge in [-0.05, 0) is 26.6 Å². The summed E-state index contributed by atoms with van der Waals surface area (Å²) in [4.78, 5) is 15.7. The first-order chi connectivity index (χ1) is 9.38. The normalized spacial score (nSPS) is 18.7. The average molecular weight is 304 g/mol. The maximum absolute atomic E-state index is 13.3. The molecular weight excluding hydrogens is 288 g/mol. The van der Waals surface area contributed by atoms with Gasteiger partial charge in [-0.3, -0.25) is 0 Å². The molecule has 1 N–H and O–H groups in total. The van der Waals surface area contributed by atoms with Crippen LogP contribution in [0.15, 0.2) is 12.1 Å². The van der Waals surface area contributed by atoms with E-state index in [9.17, 15) is 13.6 Å². The van der Waals surface area contributed by atoms with Crippen LogP contribution in [0.4, 0.5) is 19.3 Å². The second-order valence-electron chi connectivity index (χ2n) is 5.03. The quantitative estimate of drug-likeness (QED) is 0.853. The minimum Gasteiger partial charge on any atom is -0.323 e. The summed E-state index contributed by atoms with van der Waals surface area (Å²) in [6.07, 6.45) is 0.867. The van der Waals surface area contributed by atoms with Crippen LogP contribution >= 0.6 is 11.6 Å². The van der Waals surface area contributed by atoms with Gasteiger partial charge >= 0.3 is 6.03 Å². The molecule has 0 radical (unpaired) electrons. The van der Waals surface area contributed by atoms with Crippen LogP contribution in [-0.4, -0.2) is 49.1 Å². The Bertz CT molecular complexity index is 525. The van der Waals surface area contributed by atoms with Crippen LogP contribution in [0.2, 0.25) is 5.02 Å². The predicted molar refractivity (Wildman–Crippen MR) is 74.1 cm³/mol. The lowest BCUT2D eigenvalue weighted by molar-refractivity contribution is 0.216. The Labute approximate surface area is 121 Å². The highest BCUT2D eigenvalue weighted by Gasteiger charge is 2.28. The van der Waals surface area contributed by atoms with E-state index in [1.807, 2.05) is 19.0 Å². The highest BCUT2D eigenvalue weighted by molar-refractivity contribution is 6.33. The van der Waals surface area contributed by atoms with E-state index in [2.05, 4.69) is 5.32 Å². The summed E-state index contributed by atoms with van der Waals surface area (Å²) in [5, 5.41) is 2.16. The van der Waals surface area contributed by atoms with Crippen molar-refractivity contribution >= 4 is 23.3 Å². The minimum absolute atomic E-state index is 0.0533. The lowest BCUT2D eigenvalue weighted by Crippen LogP contribution is -2.36. The van der Waals surface area contributed by atoms with Gasteiger partial charge in [-0.25, -0.2) is 13.6 Å². The smallest absolute Gasteiger partial charge is 0.321 e. The van der Waals surface area contributed by atoms with Gasteiger partial charge in [-0.1, -0.05) is 11.6 Å². The summed E-state index contributed by atoms with van der Waals surface area (Å²) in [6.45, 7) is 1.18. The van der Waals surface area contributed by atoms with Crippen molar-refractivity contribution in [1.82, 2.24) is 9.80 Å². The Kier molecular flexibility index (Phi) is 4.45. The molecule has 2 rings (SSSR count).